The van der Waals surface area contributed by atoms with Gasteiger partial charge in [-0.1, -0.05) is 30.3 Å². The smallest absolute Gasteiger partial charge is 0.460 e. The Balaban J connectivity index is 1.77. The number of H-pyrrole nitrogens is 1. The lowest BCUT2D eigenvalue weighted by atomic mass is 10.1. The lowest BCUT2D eigenvalue weighted by Gasteiger charge is -2.20. The molecule has 0 aliphatic heterocycles. The Labute approximate surface area is 154 Å². The molecule has 3 rings (SSSR count). The zero-order valence-electron chi connectivity index (χ0n) is 14.6. The van der Waals surface area contributed by atoms with Gasteiger partial charge in [0.1, 0.15) is 6.61 Å². The third-order valence-corrected chi connectivity index (χ3v) is 4.14. The SMILES string of the molecule is CN(CCOC(=O)c1ccccc1)c1cc(C(F)(F)F)[nH+]c2ccccc12. The second-order valence-corrected chi connectivity index (χ2v) is 6.04. The highest BCUT2D eigenvalue weighted by Crippen LogP contribution is 2.31. The van der Waals surface area contributed by atoms with Crippen molar-refractivity contribution in [2.24, 2.45) is 0 Å². The standard InChI is InChI=1S/C20H17F3N2O2/c1-25(11-12-27-19(26)14-7-3-2-4-8-14)17-13-18(20(21,22)23)24-16-10-6-5-9-15(16)17/h2-10,13H,11-12H2,1H3/p+1. The van der Waals surface area contributed by atoms with Gasteiger partial charge in [-0.3, -0.25) is 0 Å². The largest absolute Gasteiger partial charge is 0.477 e. The Morgan fingerprint density at radius 1 is 1.07 bits per heavy atom. The van der Waals surface area contributed by atoms with Gasteiger partial charge in [0.15, 0.2) is 0 Å². The molecule has 0 atom stereocenters. The fourth-order valence-electron chi connectivity index (χ4n) is 2.73. The molecular weight excluding hydrogens is 357 g/mol. The maximum absolute atomic E-state index is 13.2. The van der Waals surface area contributed by atoms with Crippen molar-refractivity contribution in [1.82, 2.24) is 0 Å². The van der Waals surface area contributed by atoms with Crippen LogP contribution in [0.5, 0.6) is 0 Å². The molecular formula is C20H18F3N2O2+. The molecule has 140 valence electrons. The predicted octanol–water partition coefficient (Wildman–Crippen LogP) is 3.97. The van der Waals surface area contributed by atoms with E-state index in [9.17, 15) is 18.0 Å². The number of hydrogen-bond donors (Lipinski definition) is 0. The number of likely N-dealkylation sites (N-methyl/N-ethyl adjacent to an activating group) is 1. The number of fused-ring (bicyclic) bond motifs is 1. The van der Waals surface area contributed by atoms with Gasteiger partial charge in [0.25, 0.3) is 5.69 Å². The average molecular weight is 375 g/mol. The summed E-state index contributed by atoms with van der Waals surface area (Å²) in [5.41, 5.74) is 0.395. The van der Waals surface area contributed by atoms with Crippen molar-refractivity contribution in [2.45, 2.75) is 6.18 Å². The van der Waals surface area contributed by atoms with Crippen LogP contribution < -0.4 is 9.88 Å². The van der Waals surface area contributed by atoms with Gasteiger partial charge in [0.2, 0.25) is 5.52 Å². The molecule has 4 nitrogen and oxygen atoms in total. The van der Waals surface area contributed by atoms with Gasteiger partial charge in [-0.2, -0.15) is 13.2 Å². The fourth-order valence-corrected chi connectivity index (χ4v) is 2.73. The summed E-state index contributed by atoms with van der Waals surface area (Å²) in [6.07, 6.45) is -4.49. The summed E-state index contributed by atoms with van der Waals surface area (Å²) in [5.74, 6) is -0.466. The number of carbonyl (C=O) groups excluding carboxylic acids is 1. The van der Waals surface area contributed by atoms with Crippen LogP contribution in [0.3, 0.4) is 0 Å². The molecule has 0 spiro atoms. The zero-order valence-corrected chi connectivity index (χ0v) is 14.6. The number of aromatic nitrogens is 1. The van der Waals surface area contributed by atoms with Gasteiger partial charge in [-0.15, -0.1) is 0 Å². The van der Waals surface area contributed by atoms with E-state index in [1.807, 2.05) is 0 Å². The first-order valence-electron chi connectivity index (χ1n) is 8.32. The van der Waals surface area contributed by atoms with E-state index < -0.39 is 17.8 Å². The number of alkyl halides is 3. The van der Waals surface area contributed by atoms with Gasteiger partial charge < -0.3 is 9.64 Å². The highest BCUT2D eigenvalue weighted by atomic mass is 19.4. The van der Waals surface area contributed by atoms with Crippen LogP contribution in [0.2, 0.25) is 0 Å². The molecule has 0 radical (unpaired) electrons. The molecule has 0 saturated carbocycles. The number of para-hydroxylation sites is 1. The summed E-state index contributed by atoms with van der Waals surface area (Å²) in [5, 5.41) is 0.655. The van der Waals surface area contributed by atoms with Gasteiger partial charge in [-0.25, -0.2) is 9.78 Å². The van der Waals surface area contributed by atoms with Crippen LogP contribution in [-0.2, 0) is 10.9 Å². The van der Waals surface area contributed by atoms with Crippen LogP contribution >= 0.6 is 0 Å². The summed E-state index contributed by atoms with van der Waals surface area (Å²) in [6.45, 7) is 0.308. The van der Waals surface area contributed by atoms with Gasteiger partial charge in [0, 0.05) is 19.2 Å². The van der Waals surface area contributed by atoms with Crippen molar-refractivity contribution in [2.75, 3.05) is 25.1 Å². The average Bonchev–Trinajstić information content (AvgIpc) is 2.66. The number of esters is 1. The van der Waals surface area contributed by atoms with Crippen molar-refractivity contribution < 1.29 is 27.7 Å². The molecule has 0 fully saturated rings. The number of ether oxygens (including phenoxy) is 1. The number of nitrogens with one attached hydrogen (secondary N) is 1. The normalized spacial score (nSPS) is 11.4. The van der Waals surface area contributed by atoms with Crippen LogP contribution in [-0.4, -0.2) is 26.2 Å². The van der Waals surface area contributed by atoms with Crippen LogP contribution in [0.15, 0.2) is 60.7 Å². The van der Waals surface area contributed by atoms with Crippen LogP contribution in [0.4, 0.5) is 18.9 Å². The van der Waals surface area contributed by atoms with Crippen molar-refractivity contribution in [1.29, 1.82) is 0 Å². The maximum atomic E-state index is 13.2. The molecule has 1 aromatic heterocycles. The number of carbonyl (C=O) groups is 1. The molecule has 7 heteroatoms. The third kappa shape index (κ3) is 4.36. The van der Waals surface area contributed by atoms with Crippen LogP contribution in [0.25, 0.3) is 10.9 Å². The highest BCUT2D eigenvalue weighted by Gasteiger charge is 2.39. The third-order valence-electron chi connectivity index (χ3n) is 4.14. The lowest BCUT2D eigenvalue weighted by molar-refractivity contribution is -0.398. The molecule has 0 amide bonds. The summed E-state index contributed by atoms with van der Waals surface area (Å²) in [7, 11) is 1.66. The van der Waals surface area contributed by atoms with E-state index in [1.54, 1.807) is 66.5 Å². The molecule has 0 saturated heterocycles. The quantitative estimate of drug-likeness (QED) is 0.634. The van der Waals surface area contributed by atoms with E-state index >= 15 is 0 Å². The number of pyridine rings is 1. The first-order chi connectivity index (χ1) is 12.9. The summed E-state index contributed by atoms with van der Waals surface area (Å²) >= 11 is 0. The number of hydrogen-bond acceptors (Lipinski definition) is 3. The Bertz CT molecular complexity index is 943. The van der Waals surface area contributed by atoms with E-state index in [1.165, 1.54) is 0 Å². The van der Waals surface area contributed by atoms with Crippen LogP contribution in [0, 0.1) is 0 Å². The molecule has 0 aliphatic carbocycles. The van der Waals surface area contributed by atoms with Gasteiger partial charge in [0.05, 0.1) is 23.2 Å². The van der Waals surface area contributed by atoms with E-state index in [2.05, 4.69) is 4.98 Å². The summed E-state index contributed by atoms with van der Waals surface area (Å²) < 4.78 is 44.8. The fraction of sp³-hybridized carbons (Fsp3) is 0.200. The maximum Gasteiger partial charge on any atom is 0.477 e. The van der Waals surface area contributed by atoms with Crippen molar-refractivity contribution in [3.63, 3.8) is 0 Å². The summed E-state index contributed by atoms with van der Waals surface area (Å²) in [4.78, 5) is 16.0. The first-order valence-corrected chi connectivity index (χ1v) is 8.32. The predicted molar refractivity (Wildman–Crippen MR) is 95.5 cm³/mol. The molecule has 1 N–H and O–H groups in total. The zero-order chi connectivity index (χ0) is 19.4. The Morgan fingerprint density at radius 3 is 2.44 bits per heavy atom. The molecule has 27 heavy (non-hydrogen) atoms. The van der Waals surface area contributed by atoms with E-state index in [0.29, 0.717) is 22.2 Å². The molecule has 0 aliphatic rings. The number of aromatic amines is 1. The van der Waals surface area contributed by atoms with Crippen molar-refractivity contribution in [3.8, 4) is 0 Å². The lowest BCUT2D eigenvalue weighted by Crippen LogP contribution is -2.27. The van der Waals surface area contributed by atoms with E-state index in [0.717, 1.165) is 6.07 Å². The molecule has 3 aromatic rings. The molecule has 0 bridgehead atoms. The van der Waals surface area contributed by atoms with Crippen molar-refractivity contribution in [3.05, 3.63) is 71.9 Å². The Hall–Kier alpha value is -3.09. The Morgan fingerprint density at radius 2 is 1.74 bits per heavy atom. The number of halogens is 3. The number of anilines is 1. The minimum absolute atomic E-state index is 0.0541. The van der Waals surface area contributed by atoms with E-state index in [-0.39, 0.29) is 13.2 Å². The topological polar surface area (TPSA) is 43.7 Å². The minimum Gasteiger partial charge on any atom is -0.460 e. The molecule has 2 aromatic carbocycles. The summed E-state index contributed by atoms with van der Waals surface area (Å²) in [6, 6.07) is 16.4. The van der Waals surface area contributed by atoms with E-state index in [4.69, 9.17) is 4.74 Å². The minimum atomic E-state index is -4.49. The second kappa shape index (κ2) is 7.65. The van der Waals surface area contributed by atoms with Gasteiger partial charge >= 0.3 is 12.1 Å². The number of rotatable bonds is 5. The number of benzene rings is 2. The Kier molecular flexibility index (Phi) is 5.30. The monoisotopic (exact) mass is 375 g/mol. The first kappa shape index (κ1) is 18.7. The van der Waals surface area contributed by atoms with Crippen LogP contribution in [0.1, 0.15) is 16.1 Å². The number of nitrogens with zero attached hydrogens (tertiary/aromatic N) is 1. The van der Waals surface area contributed by atoms with Gasteiger partial charge in [-0.05, 0) is 18.2 Å². The second-order valence-electron chi connectivity index (χ2n) is 6.04. The molecule has 0 unspecified atom stereocenters. The molecule has 1 heterocycles. The highest BCUT2D eigenvalue weighted by molar-refractivity contribution is 5.90. The van der Waals surface area contributed by atoms with Crippen molar-refractivity contribution >= 4 is 22.6 Å².